The summed E-state index contributed by atoms with van der Waals surface area (Å²) in [5.74, 6) is -0.0928. The molecule has 2 fully saturated rings. The van der Waals surface area contributed by atoms with Crippen LogP contribution in [0, 0.1) is 17.8 Å². The van der Waals surface area contributed by atoms with Crippen LogP contribution in [0.2, 0.25) is 0 Å². The van der Waals surface area contributed by atoms with Crippen LogP contribution in [0.4, 0.5) is 5.69 Å². The molecule has 1 aliphatic carbocycles. The van der Waals surface area contributed by atoms with Crippen LogP contribution in [0.3, 0.4) is 0 Å². The maximum atomic E-state index is 13.0. The predicted octanol–water partition coefficient (Wildman–Crippen LogP) is 3.95. The Morgan fingerprint density at radius 2 is 1.73 bits per heavy atom. The molecule has 0 aromatic heterocycles. The van der Waals surface area contributed by atoms with Crippen LogP contribution in [0.25, 0.3) is 0 Å². The van der Waals surface area contributed by atoms with Gasteiger partial charge in [-0.1, -0.05) is 43.5 Å². The molecule has 0 unspecified atom stereocenters. The zero-order valence-corrected chi connectivity index (χ0v) is 12.9. The van der Waals surface area contributed by atoms with Crippen LogP contribution >= 0.6 is 0 Å². The van der Waals surface area contributed by atoms with E-state index in [1.54, 1.807) is 6.08 Å². The molecular weight excluding hydrogens is 274 g/mol. The van der Waals surface area contributed by atoms with Crippen LogP contribution < -0.4 is 4.90 Å². The molecule has 0 spiro atoms. The van der Waals surface area contributed by atoms with Gasteiger partial charge in [-0.3, -0.25) is 14.5 Å². The monoisotopic (exact) mass is 297 g/mol. The van der Waals surface area contributed by atoms with Gasteiger partial charge in [0.05, 0.1) is 17.5 Å². The van der Waals surface area contributed by atoms with Crippen molar-refractivity contribution in [3.8, 4) is 0 Å². The van der Waals surface area contributed by atoms with Crippen molar-refractivity contribution in [2.75, 3.05) is 4.90 Å². The summed E-state index contributed by atoms with van der Waals surface area (Å²) < 4.78 is 0. The number of hydrogen-bond donors (Lipinski definition) is 0. The molecule has 3 nitrogen and oxygen atoms in total. The second-order valence-electron chi connectivity index (χ2n) is 6.40. The number of nitrogens with zero attached hydrogens (tertiary/aromatic N) is 1. The molecule has 1 aromatic rings. The molecule has 1 heterocycles. The first-order valence-electron chi connectivity index (χ1n) is 8.28. The lowest BCUT2D eigenvalue weighted by Gasteiger charge is -2.28. The van der Waals surface area contributed by atoms with E-state index in [9.17, 15) is 9.59 Å². The van der Waals surface area contributed by atoms with E-state index in [2.05, 4.69) is 6.58 Å². The van der Waals surface area contributed by atoms with Crippen molar-refractivity contribution in [3.63, 3.8) is 0 Å². The number of hydrogen-bond acceptors (Lipinski definition) is 2. The third kappa shape index (κ3) is 2.60. The fraction of sp³-hybridized carbons (Fsp3) is 0.474. The molecule has 1 aliphatic heterocycles. The van der Waals surface area contributed by atoms with Gasteiger partial charge in [0.25, 0.3) is 0 Å². The number of amides is 2. The molecule has 0 bridgehead atoms. The number of benzene rings is 1. The van der Waals surface area contributed by atoms with Gasteiger partial charge in [0.2, 0.25) is 11.8 Å². The van der Waals surface area contributed by atoms with E-state index in [4.69, 9.17) is 0 Å². The standard InChI is InChI=1S/C19H23NO2/c1-2-9-16-17(14-10-5-3-6-11-14)19(22)20(18(16)21)15-12-7-4-8-13-15/h2,4,7-8,12-14,16-17H,1,3,5-6,9-11H2/t16-,17-/m0/s1. The fourth-order valence-corrected chi connectivity index (χ4v) is 4.03. The first-order valence-corrected chi connectivity index (χ1v) is 8.28. The van der Waals surface area contributed by atoms with Gasteiger partial charge in [0, 0.05) is 0 Å². The van der Waals surface area contributed by atoms with E-state index in [1.807, 2.05) is 30.3 Å². The van der Waals surface area contributed by atoms with Crippen molar-refractivity contribution in [1.29, 1.82) is 0 Å². The topological polar surface area (TPSA) is 37.4 Å². The van der Waals surface area contributed by atoms with E-state index in [-0.39, 0.29) is 23.7 Å². The summed E-state index contributed by atoms with van der Waals surface area (Å²) in [6.07, 6.45) is 8.11. The zero-order chi connectivity index (χ0) is 15.5. The molecule has 1 aromatic carbocycles. The van der Waals surface area contributed by atoms with Gasteiger partial charge in [0.15, 0.2) is 0 Å². The number of rotatable bonds is 4. The van der Waals surface area contributed by atoms with Crippen molar-refractivity contribution < 1.29 is 9.59 Å². The molecule has 3 rings (SSSR count). The largest absolute Gasteiger partial charge is 0.274 e. The van der Waals surface area contributed by atoms with Crippen molar-refractivity contribution in [1.82, 2.24) is 0 Å². The van der Waals surface area contributed by atoms with Gasteiger partial charge in [-0.2, -0.15) is 0 Å². The lowest BCUT2D eigenvalue weighted by atomic mass is 9.74. The molecular formula is C19H23NO2. The SMILES string of the molecule is C=CC[C@@H]1C(=O)N(c2ccccc2)C(=O)[C@H]1C1CCCCC1. The van der Waals surface area contributed by atoms with Gasteiger partial charge >= 0.3 is 0 Å². The smallest absolute Gasteiger partial charge is 0.238 e. The Kier molecular flexibility index (Phi) is 4.41. The normalized spacial score (nSPS) is 26.5. The molecule has 2 aliphatic rings. The highest BCUT2D eigenvalue weighted by molar-refractivity contribution is 6.22. The van der Waals surface area contributed by atoms with Crippen LogP contribution in [0.1, 0.15) is 38.5 Å². The van der Waals surface area contributed by atoms with Crippen LogP contribution in [-0.2, 0) is 9.59 Å². The molecule has 1 saturated carbocycles. The molecule has 2 atom stereocenters. The quantitative estimate of drug-likeness (QED) is 0.623. The van der Waals surface area contributed by atoms with Crippen LogP contribution in [0.15, 0.2) is 43.0 Å². The van der Waals surface area contributed by atoms with Gasteiger partial charge in [0.1, 0.15) is 0 Å². The highest BCUT2D eigenvalue weighted by Crippen LogP contribution is 2.42. The third-order valence-corrected chi connectivity index (χ3v) is 5.07. The Hall–Kier alpha value is -1.90. The fourth-order valence-electron chi connectivity index (χ4n) is 4.03. The number of allylic oxidation sites excluding steroid dienone is 1. The molecule has 3 heteroatoms. The third-order valence-electron chi connectivity index (χ3n) is 5.07. The van der Waals surface area contributed by atoms with Crippen molar-refractivity contribution in [3.05, 3.63) is 43.0 Å². The summed E-state index contributed by atoms with van der Waals surface area (Å²) >= 11 is 0. The van der Waals surface area contributed by atoms with Crippen LogP contribution in [-0.4, -0.2) is 11.8 Å². The van der Waals surface area contributed by atoms with E-state index in [0.717, 1.165) is 12.8 Å². The van der Waals surface area contributed by atoms with E-state index >= 15 is 0 Å². The lowest BCUT2D eigenvalue weighted by Crippen LogP contribution is -2.32. The highest BCUT2D eigenvalue weighted by Gasteiger charge is 2.50. The Labute approximate surface area is 132 Å². The number of imide groups is 1. The first kappa shape index (κ1) is 15.0. The molecule has 22 heavy (non-hydrogen) atoms. The number of carbonyl (C=O) groups is 2. The minimum Gasteiger partial charge on any atom is -0.274 e. The maximum absolute atomic E-state index is 13.0. The van der Waals surface area contributed by atoms with Crippen LogP contribution in [0.5, 0.6) is 0 Å². The van der Waals surface area contributed by atoms with Gasteiger partial charge < -0.3 is 0 Å². The van der Waals surface area contributed by atoms with Crippen molar-refractivity contribution in [2.45, 2.75) is 38.5 Å². The minimum absolute atomic E-state index is 0.00468. The summed E-state index contributed by atoms with van der Waals surface area (Å²) in [5, 5.41) is 0. The zero-order valence-electron chi connectivity index (χ0n) is 12.9. The summed E-state index contributed by atoms with van der Waals surface area (Å²) in [4.78, 5) is 27.2. The minimum atomic E-state index is -0.228. The van der Waals surface area contributed by atoms with E-state index in [0.29, 0.717) is 18.0 Å². The average Bonchev–Trinajstić information content (AvgIpc) is 2.80. The first-order chi connectivity index (χ1) is 10.7. The summed E-state index contributed by atoms with van der Waals surface area (Å²) in [6, 6.07) is 9.31. The molecule has 0 radical (unpaired) electrons. The van der Waals surface area contributed by atoms with Gasteiger partial charge in [-0.15, -0.1) is 6.58 Å². The Morgan fingerprint density at radius 3 is 2.36 bits per heavy atom. The lowest BCUT2D eigenvalue weighted by molar-refractivity contribution is -0.123. The Balaban J connectivity index is 1.92. The Morgan fingerprint density at radius 1 is 1.05 bits per heavy atom. The van der Waals surface area contributed by atoms with Crippen molar-refractivity contribution >= 4 is 17.5 Å². The second kappa shape index (κ2) is 6.47. The van der Waals surface area contributed by atoms with Gasteiger partial charge in [-0.05, 0) is 37.3 Å². The van der Waals surface area contributed by atoms with E-state index < -0.39 is 0 Å². The van der Waals surface area contributed by atoms with Gasteiger partial charge in [-0.25, -0.2) is 0 Å². The summed E-state index contributed by atoms with van der Waals surface area (Å²) in [6.45, 7) is 3.78. The average molecular weight is 297 g/mol. The number of anilines is 1. The maximum Gasteiger partial charge on any atom is 0.238 e. The predicted molar refractivity (Wildman–Crippen MR) is 87.3 cm³/mol. The molecule has 1 saturated heterocycles. The Bertz CT molecular complexity index is 560. The summed E-state index contributed by atoms with van der Waals surface area (Å²) in [7, 11) is 0. The van der Waals surface area contributed by atoms with Crippen molar-refractivity contribution in [2.24, 2.45) is 17.8 Å². The molecule has 2 amide bonds. The van der Waals surface area contributed by atoms with E-state index in [1.165, 1.54) is 24.2 Å². The summed E-state index contributed by atoms with van der Waals surface area (Å²) in [5.41, 5.74) is 0.699. The molecule has 116 valence electrons. The second-order valence-corrected chi connectivity index (χ2v) is 6.40. The molecule has 0 N–H and O–H groups in total. The number of carbonyl (C=O) groups excluding carboxylic acids is 2. The highest BCUT2D eigenvalue weighted by atomic mass is 16.2. The number of para-hydroxylation sites is 1.